The van der Waals surface area contributed by atoms with E-state index in [1.807, 2.05) is 10.8 Å². The van der Waals surface area contributed by atoms with Crippen LogP contribution >= 0.6 is 11.3 Å². The molecule has 1 atom stereocenters. The second-order valence-electron chi connectivity index (χ2n) is 9.78. The number of halogens is 3. The highest BCUT2D eigenvalue weighted by Gasteiger charge is 2.32. The lowest BCUT2D eigenvalue weighted by Gasteiger charge is -2.15. The first-order chi connectivity index (χ1) is 16.9. The summed E-state index contributed by atoms with van der Waals surface area (Å²) in [5.74, 6) is -0.231. The van der Waals surface area contributed by atoms with Crippen molar-refractivity contribution in [3.8, 4) is 5.75 Å². The van der Waals surface area contributed by atoms with Gasteiger partial charge >= 0.3 is 6.18 Å². The van der Waals surface area contributed by atoms with Crippen LogP contribution in [0.3, 0.4) is 0 Å². The number of carbonyl (C=O) groups is 1. The Labute approximate surface area is 211 Å². The number of hydrogen-bond donors (Lipinski definition) is 0. The minimum atomic E-state index is -4.62. The van der Waals surface area contributed by atoms with E-state index in [1.165, 1.54) is 11.3 Å². The van der Waals surface area contributed by atoms with Crippen molar-refractivity contribution < 1.29 is 27.4 Å². The van der Waals surface area contributed by atoms with Gasteiger partial charge in [0.05, 0.1) is 23.8 Å². The number of carbonyl (C=O) groups excluding carboxylic acids is 1. The van der Waals surface area contributed by atoms with E-state index >= 15 is 0 Å². The molecule has 2 aromatic heterocycles. The maximum Gasteiger partial charge on any atom is 0.416 e. The van der Waals surface area contributed by atoms with Crippen LogP contribution in [0.15, 0.2) is 41.8 Å². The summed E-state index contributed by atoms with van der Waals surface area (Å²) in [5, 5.41) is 0. The summed E-state index contributed by atoms with van der Waals surface area (Å²) >= 11 is 1.35. The van der Waals surface area contributed by atoms with Crippen LogP contribution in [0.25, 0.3) is 0 Å². The Hall–Kier alpha value is -2.92. The molecule has 194 valence electrons. The molecule has 0 unspecified atom stereocenters. The third-order valence-corrected chi connectivity index (χ3v) is 7.34. The summed E-state index contributed by atoms with van der Waals surface area (Å²) in [5.41, 5.74) is -1.39. The van der Waals surface area contributed by atoms with E-state index in [0.29, 0.717) is 23.8 Å². The van der Waals surface area contributed by atoms with Gasteiger partial charge in [-0.05, 0) is 36.5 Å². The van der Waals surface area contributed by atoms with E-state index in [-0.39, 0.29) is 29.4 Å². The second kappa shape index (κ2) is 10.2. The van der Waals surface area contributed by atoms with Crippen molar-refractivity contribution in [1.29, 1.82) is 0 Å². The molecule has 3 aromatic rings. The largest absolute Gasteiger partial charge is 0.485 e. The van der Waals surface area contributed by atoms with Crippen LogP contribution in [0.4, 0.5) is 13.2 Å². The highest BCUT2D eigenvalue weighted by Crippen LogP contribution is 2.33. The minimum absolute atomic E-state index is 0.00621. The molecule has 1 saturated heterocycles. The standard InChI is InChI=1S/C25H29F3N4O3S/c1-24(2,3)20-14-32(13-17-6-5-11-34-17)23(36-20)30-22(33)18-12-16(25(26,27)28)7-8-19(18)35-15-21-29-9-10-31(21)4/h7-10,12,14,17H,5-6,11,13,15H2,1-4H3/b30-23-/t17-/m1/s1. The van der Waals surface area contributed by atoms with Crippen LogP contribution in [0.2, 0.25) is 0 Å². The van der Waals surface area contributed by atoms with Gasteiger partial charge < -0.3 is 18.6 Å². The van der Waals surface area contributed by atoms with Crippen LogP contribution in [-0.2, 0) is 36.5 Å². The van der Waals surface area contributed by atoms with E-state index in [1.54, 1.807) is 24.0 Å². The van der Waals surface area contributed by atoms with Crippen molar-refractivity contribution in [2.45, 2.75) is 64.5 Å². The van der Waals surface area contributed by atoms with E-state index in [0.717, 1.165) is 35.9 Å². The maximum absolute atomic E-state index is 13.5. The lowest BCUT2D eigenvalue weighted by Crippen LogP contribution is -2.23. The van der Waals surface area contributed by atoms with Crippen molar-refractivity contribution in [2.24, 2.45) is 12.0 Å². The van der Waals surface area contributed by atoms with Crippen LogP contribution in [0.5, 0.6) is 5.75 Å². The number of benzene rings is 1. The third kappa shape index (κ3) is 6.07. The summed E-state index contributed by atoms with van der Waals surface area (Å²) in [6.07, 6.45) is 2.52. The molecule has 0 N–H and O–H groups in total. The molecular weight excluding hydrogens is 493 g/mol. The normalized spacial score (nSPS) is 17.1. The maximum atomic E-state index is 13.5. The number of imidazole rings is 1. The molecule has 11 heteroatoms. The van der Waals surface area contributed by atoms with E-state index < -0.39 is 17.6 Å². The van der Waals surface area contributed by atoms with Crippen LogP contribution < -0.4 is 9.54 Å². The SMILES string of the molecule is Cn1ccnc1COc1ccc(C(F)(F)F)cc1C(=O)/N=c1\sc(C(C)(C)C)cn1C[C@H]1CCCO1. The van der Waals surface area contributed by atoms with Gasteiger partial charge in [0, 0.05) is 37.1 Å². The zero-order valence-electron chi connectivity index (χ0n) is 20.6. The monoisotopic (exact) mass is 522 g/mol. The number of thiazole rings is 1. The molecule has 4 rings (SSSR count). The molecule has 1 aliphatic rings. The van der Waals surface area contributed by atoms with E-state index in [4.69, 9.17) is 9.47 Å². The molecule has 1 aromatic carbocycles. The predicted octanol–water partition coefficient (Wildman–Crippen LogP) is 5.10. The van der Waals surface area contributed by atoms with Gasteiger partial charge in [-0.15, -0.1) is 11.3 Å². The molecule has 0 aliphatic carbocycles. The number of amides is 1. The topological polar surface area (TPSA) is 70.6 Å². The zero-order chi connectivity index (χ0) is 26.1. The number of hydrogen-bond acceptors (Lipinski definition) is 5. The number of aromatic nitrogens is 3. The Morgan fingerprint density at radius 3 is 2.69 bits per heavy atom. The van der Waals surface area contributed by atoms with Gasteiger partial charge in [0.2, 0.25) is 0 Å². The average molecular weight is 523 g/mol. The van der Waals surface area contributed by atoms with E-state index in [2.05, 4.69) is 30.7 Å². The zero-order valence-corrected chi connectivity index (χ0v) is 21.4. The Morgan fingerprint density at radius 2 is 2.08 bits per heavy atom. The second-order valence-corrected chi connectivity index (χ2v) is 10.8. The molecule has 1 aliphatic heterocycles. The number of aryl methyl sites for hydroxylation is 1. The molecule has 0 radical (unpaired) electrons. The van der Waals surface area contributed by atoms with Crippen molar-refractivity contribution in [2.75, 3.05) is 6.61 Å². The summed E-state index contributed by atoms with van der Waals surface area (Å²) in [4.78, 5) is 23.2. The average Bonchev–Trinajstić information content (AvgIpc) is 3.54. The molecule has 3 heterocycles. The molecule has 0 spiro atoms. The first-order valence-corrected chi connectivity index (χ1v) is 12.4. The summed E-state index contributed by atoms with van der Waals surface area (Å²) in [6.45, 7) is 7.35. The summed E-state index contributed by atoms with van der Waals surface area (Å²) in [7, 11) is 1.77. The van der Waals surface area contributed by atoms with Crippen LogP contribution in [0, 0.1) is 0 Å². The quantitative estimate of drug-likeness (QED) is 0.452. The van der Waals surface area contributed by atoms with Gasteiger partial charge in [0.25, 0.3) is 5.91 Å². The number of alkyl halides is 3. The Kier molecular flexibility index (Phi) is 7.42. The van der Waals surface area contributed by atoms with Crippen molar-refractivity contribution >= 4 is 17.2 Å². The fourth-order valence-electron chi connectivity index (χ4n) is 3.78. The van der Waals surface area contributed by atoms with E-state index in [9.17, 15) is 18.0 Å². The van der Waals surface area contributed by atoms with Crippen LogP contribution in [-0.4, -0.2) is 32.7 Å². The Bertz CT molecular complexity index is 1290. The summed E-state index contributed by atoms with van der Waals surface area (Å²) < 4.78 is 55.5. The Morgan fingerprint density at radius 1 is 1.31 bits per heavy atom. The fraction of sp³-hybridized carbons (Fsp3) is 0.480. The van der Waals surface area contributed by atoms with Gasteiger partial charge in [0.1, 0.15) is 18.2 Å². The number of rotatable bonds is 6. The minimum Gasteiger partial charge on any atom is -0.485 e. The molecule has 7 nitrogen and oxygen atoms in total. The van der Waals surface area contributed by atoms with Crippen molar-refractivity contribution in [3.63, 3.8) is 0 Å². The lowest BCUT2D eigenvalue weighted by atomic mass is 9.95. The smallest absolute Gasteiger partial charge is 0.416 e. The third-order valence-electron chi connectivity index (χ3n) is 5.90. The predicted molar refractivity (Wildman–Crippen MR) is 129 cm³/mol. The van der Waals surface area contributed by atoms with Gasteiger partial charge in [-0.2, -0.15) is 18.2 Å². The van der Waals surface area contributed by atoms with Gasteiger partial charge in [0.15, 0.2) is 4.80 Å². The molecule has 0 bridgehead atoms. The number of nitrogens with zero attached hydrogens (tertiary/aromatic N) is 4. The van der Waals surface area contributed by atoms with Crippen molar-refractivity contribution in [1.82, 2.24) is 14.1 Å². The molecule has 0 saturated carbocycles. The first-order valence-electron chi connectivity index (χ1n) is 11.6. The Balaban J connectivity index is 1.73. The van der Waals surface area contributed by atoms with Gasteiger partial charge in [-0.1, -0.05) is 20.8 Å². The highest BCUT2D eigenvalue weighted by atomic mass is 32.1. The molecule has 36 heavy (non-hydrogen) atoms. The van der Waals surface area contributed by atoms with Crippen molar-refractivity contribution in [3.05, 3.63) is 63.4 Å². The number of ether oxygens (including phenoxy) is 2. The molecule has 1 fully saturated rings. The molecular formula is C25H29F3N4O3S. The fourth-order valence-corrected chi connectivity index (χ4v) is 4.83. The van der Waals surface area contributed by atoms with Gasteiger partial charge in [-0.3, -0.25) is 4.79 Å². The molecule has 1 amide bonds. The van der Waals surface area contributed by atoms with Gasteiger partial charge in [-0.25, -0.2) is 4.98 Å². The summed E-state index contributed by atoms with van der Waals surface area (Å²) in [6, 6.07) is 2.84. The first kappa shape index (κ1) is 26.2. The lowest BCUT2D eigenvalue weighted by molar-refractivity contribution is -0.137. The van der Waals surface area contributed by atoms with Crippen LogP contribution in [0.1, 0.15) is 60.2 Å². The highest BCUT2D eigenvalue weighted by molar-refractivity contribution is 7.09.